The van der Waals surface area contributed by atoms with Crippen LogP contribution in [0.5, 0.6) is 0 Å². The first-order valence-electron chi connectivity index (χ1n) is 6.31. The largest absolute Gasteiger partial charge is 0.313 e. The van der Waals surface area contributed by atoms with Crippen molar-refractivity contribution in [2.24, 2.45) is 5.41 Å². The summed E-state index contributed by atoms with van der Waals surface area (Å²) in [5.74, 6) is 0. The summed E-state index contributed by atoms with van der Waals surface area (Å²) >= 11 is 0. The smallest absolute Gasteiger partial charge is 0.0194 e. The second-order valence-electron chi connectivity index (χ2n) is 5.80. The van der Waals surface area contributed by atoms with E-state index in [-0.39, 0.29) is 0 Å². The third-order valence-electron chi connectivity index (χ3n) is 2.41. The van der Waals surface area contributed by atoms with E-state index < -0.39 is 0 Å². The van der Waals surface area contributed by atoms with E-state index in [1.165, 1.54) is 25.9 Å². The molecular weight excluding hydrogens is 184 g/mol. The molecule has 0 saturated heterocycles. The minimum atomic E-state index is 0.401. The predicted octanol–water partition coefficient (Wildman–Crippen LogP) is 2.74. The van der Waals surface area contributed by atoms with Crippen LogP contribution in [0.3, 0.4) is 0 Å². The molecule has 2 nitrogen and oxygen atoms in total. The van der Waals surface area contributed by atoms with Crippen LogP contribution < -0.4 is 5.32 Å². The van der Waals surface area contributed by atoms with Crippen molar-refractivity contribution in [2.45, 2.75) is 53.5 Å². The molecule has 0 radical (unpaired) electrons. The zero-order valence-corrected chi connectivity index (χ0v) is 11.6. The average molecular weight is 214 g/mol. The van der Waals surface area contributed by atoms with Gasteiger partial charge in [-0.25, -0.2) is 0 Å². The number of hydrogen-bond acceptors (Lipinski definition) is 2. The second-order valence-corrected chi connectivity index (χ2v) is 5.80. The highest BCUT2D eigenvalue weighted by molar-refractivity contribution is 4.73. The summed E-state index contributed by atoms with van der Waals surface area (Å²) in [4.78, 5) is 2.45. The summed E-state index contributed by atoms with van der Waals surface area (Å²) in [6, 6.07) is 0.660. The molecule has 0 aromatic rings. The van der Waals surface area contributed by atoms with Crippen molar-refractivity contribution in [3.05, 3.63) is 0 Å². The first-order chi connectivity index (χ1) is 6.89. The van der Waals surface area contributed by atoms with Gasteiger partial charge in [0, 0.05) is 19.1 Å². The minimum absolute atomic E-state index is 0.401. The standard InChI is InChI=1S/C13H30N2/c1-7-9-12(14-8-2)10-15(6)11-13(3,4)5/h12,14H,7-11H2,1-6H3. The van der Waals surface area contributed by atoms with E-state index in [1.54, 1.807) is 0 Å². The van der Waals surface area contributed by atoms with E-state index in [1.807, 2.05) is 0 Å². The normalized spacial score (nSPS) is 14.6. The zero-order chi connectivity index (χ0) is 11.9. The van der Waals surface area contributed by atoms with Crippen molar-refractivity contribution in [2.75, 3.05) is 26.7 Å². The molecule has 0 aliphatic rings. The Bertz CT molecular complexity index is 143. The Labute approximate surface area is 96.4 Å². The maximum absolute atomic E-state index is 3.56. The Kier molecular flexibility index (Phi) is 7.20. The van der Waals surface area contributed by atoms with Crippen LogP contribution in [0.4, 0.5) is 0 Å². The van der Waals surface area contributed by atoms with Gasteiger partial charge in [0.1, 0.15) is 0 Å². The van der Waals surface area contributed by atoms with Gasteiger partial charge in [-0.1, -0.05) is 41.0 Å². The first-order valence-corrected chi connectivity index (χ1v) is 6.31. The molecule has 0 heterocycles. The second kappa shape index (κ2) is 7.24. The summed E-state index contributed by atoms with van der Waals surface area (Å²) < 4.78 is 0. The highest BCUT2D eigenvalue weighted by atomic mass is 15.1. The molecule has 0 bridgehead atoms. The molecule has 2 heteroatoms. The molecule has 0 spiro atoms. The lowest BCUT2D eigenvalue weighted by atomic mass is 9.96. The van der Waals surface area contributed by atoms with Gasteiger partial charge in [0.25, 0.3) is 0 Å². The quantitative estimate of drug-likeness (QED) is 0.701. The summed E-state index contributed by atoms with van der Waals surface area (Å²) in [5.41, 5.74) is 0.401. The van der Waals surface area contributed by atoms with E-state index in [4.69, 9.17) is 0 Å². The van der Waals surface area contributed by atoms with E-state index in [0.717, 1.165) is 6.54 Å². The van der Waals surface area contributed by atoms with Crippen molar-refractivity contribution >= 4 is 0 Å². The number of rotatable bonds is 7. The van der Waals surface area contributed by atoms with Crippen LogP contribution in [0.15, 0.2) is 0 Å². The monoisotopic (exact) mass is 214 g/mol. The summed E-state index contributed by atoms with van der Waals surface area (Å²) in [6.07, 6.45) is 2.54. The molecule has 0 fully saturated rings. The number of nitrogens with one attached hydrogen (secondary N) is 1. The highest BCUT2D eigenvalue weighted by Gasteiger charge is 2.16. The molecule has 0 rings (SSSR count). The predicted molar refractivity (Wildman–Crippen MR) is 69.3 cm³/mol. The van der Waals surface area contributed by atoms with E-state index in [9.17, 15) is 0 Å². The highest BCUT2D eigenvalue weighted by Crippen LogP contribution is 2.14. The summed E-state index contributed by atoms with van der Waals surface area (Å²) in [5, 5.41) is 3.56. The molecule has 1 N–H and O–H groups in total. The molecule has 15 heavy (non-hydrogen) atoms. The third-order valence-corrected chi connectivity index (χ3v) is 2.41. The lowest BCUT2D eigenvalue weighted by Gasteiger charge is -2.30. The van der Waals surface area contributed by atoms with Gasteiger partial charge in [0.2, 0.25) is 0 Å². The SMILES string of the molecule is CCCC(CN(C)CC(C)(C)C)NCC. The van der Waals surface area contributed by atoms with Crippen LogP contribution >= 0.6 is 0 Å². The first kappa shape index (κ1) is 14.9. The van der Waals surface area contributed by atoms with Crippen LogP contribution in [0.25, 0.3) is 0 Å². The average Bonchev–Trinajstić information content (AvgIpc) is 2.00. The van der Waals surface area contributed by atoms with Crippen molar-refractivity contribution in [3.8, 4) is 0 Å². The summed E-state index contributed by atoms with van der Waals surface area (Å²) in [7, 11) is 2.23. The van der Waals surface area contributed by atoms with Crippen LogP contribution in [-0.2, 0) is 0 Å². The van der Waals surface area contributed by atoms with Gasteiger partial charge in [-0.15, -0.1) is 0 Å². The third kappa shape index (κ3) is 8.88. The minimum Gasteiger partial charge on any atom is -0.313 e. The Morgan fingerprint density at radius 3 is 2.20 bits per heavy atom. The Balaban J connectivity index is 3.93. The Hall–Kier alpha value is -0.0800. The zero-order valence-electron chi connectivity index (χ0n) is 11.6. The molecule has 0 amide bonds. The van der Waals surface area contributed by atoms with Crippen molar-refractivity contribution in [1.82, 2.24) is 10.2 Å². The van der Waals surface area contributed by atoms with E-state index in [0.29, 0.717) is 11.5 Å². The maximum atomic E-state index is 3.56. The number of likely N-dealkylation sites (N-methyl/N-ethyl adjacent to an activating group) is 2. The van der Waals surface area contributed by atoms with E-state index >= 15 is 0 Å². The van der Waals surface area contributed by atoms with Crippen molar-refractivity contribution in [3.63, 3.8) is 0 Å². The van der Waals surface area contributed by atoms with Crippen LogP contribution in [-0.4, -0.2) is 37.6 Å². The fourth-order valence-corrected chi connectivity index (χ4v) is 2.15. The number of hydrogen-bond donors (Lipinski definition) is 1. The van der Waals surface area contributed by atoms with Crippen LogP contribution in [0.1, 0.15) is 47.5 Å². The van der Waals surface area contributed by atoms with Gasteiger partial charge in [-0.2, -0.15) is 0 Å². The fraction of sp³-hybridized carbons (Fsp3) is 1.00. The van der Waals surface area contributed by atoms with Gasteiger partial charge >= 0.3 is 0 Å². The van der Waals surface area contributed by atoms with Gasteiger partial charge in [-0.05, 0) is 25.4 Å². The molecular formula is C13H30N2. The van der Waals surface area contributed by atoms with Gasteiger partial charge < -0.3 is 10.2 Å². The van der Waals surface area contributed by atoms with Crippen LogP contribution in [0, 0.1) is 5.41 Å². The molecule has 92 valence electrons. The van der Waals surface area contributed by atoms with Gasteiger partial charge in [0.05, 0.1) is 0 Å². The molecule has 0 aliphatic carbocycles. The molecule has 0 saturated carbocycles. The maximum Gasteiger partial charge on any atom is 0.0194 e. The Morgan fingerprint density at radius 1 is 1.20 bits per heavy atom. The lowest BCUT2D eigenvalue weighted by molar-refractivity contribution is 0.205. The van der Waals surface area contributed by atoms with Crippen molar-refractivity contribution in [1.29, 1.82) is 0 Å². The molecule has 1 atom stereocenters. The van der Waals surface area contributed by atoms with E-state index in [2.05, 4.69) is 51.9 Å². The Morgan fingerprint density at radius 2 is 1.80 bits per heavy atom. The molecule has 0 aromatic carbocycles. The topological polar surface area (TPSA) is 15.3 Å². The number of nitrogens with zero attached hydrogens (tertiary/aromatic N) is 1. The molecule has 0 aromatic heterocycles. The molecule has 0 aliphatic heterocycles. The summed E-state index contributed by atoms with van der Waals surface area (Å²) in [6.45, 7) is 14.7. The fourth-order valence-electron chi connectivity index (χ4n) is 2.15. The molecule has 1 unspecified atom stereocenters. The van der Waals surface area contributed by atoms with Crippen LogP contribution in [0.2, 0.25) is 0 Å². The van der Waals surface area contributed by atoms with Crippen molar-refractivity contribution < 1.29 is 0 Å². The lowest BCUT2D eigenvalue weighted by Crippen LogP contribution is -2.42. The van der Waals surface area contributed by atoms with Gasteiger partial charge in [0.15, 0.2) is 0 Å². The van der Waals surface area contributed by atoms with Gasteiger partial charge in [-0.3, -0.25) is 0 Å².